The molecule has 1 rings (SSSR count). The van der Waals surface area contributed by atoms with Crippen LogP contribution in [-0.2, 0) is 5.41 Å². The third-order valence-corrected chi connectivity index (χ3v) is 4.72. The predicted octanol–water partition coefficient (Wildman–Crippen LogP) is 5.22. The van der Waals surface area contributed by atoms with Gasteiger partial charge >= 0.3 is 0 Å². The number of unbranched alkanes of at least 4 members (excludes halogenated alkanes) is 2. The minimum Gasteiger partial charge on any atom is -0.393 e. The Morgan fingerprint density at radius 3 is 2.27 bits per heavy atom. The van der Waals surface area contributed by atoms with Gasteiger partial charge in [0, 0.05) is 5.41 Å². The van der Waals surface area contributed by atoms with Crippen molar-refractivity contribution in [2.45, 2.75) is 77.2 Å². The molecule has 2 nitrogen and oxygen atoms in total. The Morgan fingerprint density at radius 2 is 1.68 bits per heavy atom. The van der Waals surface area contributed by atoms with Crippen molar-refractivity contribution in [1.29, 1.82) is 5.26 Å². The van der Waals surface area contributed by atoms with Gasteiger partial charge in [-0.1, -0.05) is 70.4 Å². The molecule has 0 aliphatic rings. The molecule has 0 bridgehead atoms. The number of hydrogen-bond donors (Lipinski definition) is 1. The van der Waals surface area contributed by atoms with Crippen LogP contribution < -0.4 is 0 Å². The van der Waals surface area contributed by atoms with E-state index in [9.17, 15) is 10.4 Å². The number of hydrogen-bond acceptors (Lipinski definition) is 2. The molecule has 1 N–H and O–H groups in total. The zero-order valence-corrected chi connectivity index (χ0v) is 14.4. The number of nitrogens with zero attached hydrogens (tertiary/aromatic N) is 1. The third kappa shape index (κ3) is 5.81. The van der Waals surface area contributed by atoms with Gasteiger partial charge in [0.1, 0.15) is 0 Å². The number of benzene rings is 1. The molecule has 2 atom stereocenters. The molecule has 1 aromatic rings. The van der Waals surface area contributed by atoms with E-state index in [0.29, 0.717) is 0 Å². The second-order valence-electron chi connectivity index (χ2n) is 6.85. The molecule has 0 aromatic heterocycles. The van der Waals surface area contributed by atoms with Gasteiger partial charge in [-0.25, -0.2) is 0 Å². The SMILES string of the molecule is CCCCCC(O)CCCC(C#N)C(C)(C)c1ccccc1. The van der Waals surface area contributed by atoms with Gasteiger partial charge in [-0.05, 0) is 31.2 Å². The smallest absolute Gasteiger partial charge is 0.0664 e. The molecule has 2 unspecified atom stereocenters. The van der Waals surface area contributed by atoms with Crippen molar-refractivity contribution in [2.75, 3.05) is 0 Å². The summed E-state index contributed by atoms with van der Waals surface area (Å²) >= 11 is 0. The van der Waals surface area contributed by atoms with Crippen LogP contribution in [0.15, 0.2) is 30.3 Å². The van der Waals surface area contributed by atoms with E-state index < -0.39 is 0 Å². The van der Waals surface area contributed by atoms with Gasteiger partial charge in [-0.3, -0.25) is 0 Å². The summed E-state index contributed by atoms with van der Waals surface area (Å²) in [5.41, 5.74) is 1.06. The lowest BCUT2D eigenvalue weighted by Crippen LogP contribution is -2.28. The summed E-state index contributed by atoms with van der Waals surface area (Å²) in [6.07, 6.45) is 6.76. The highest BCUT2D eigenvalue weighted by Gasteiger charge is 2.30. The molecular weight excluding hydrogens is 270 g/mol. The van der Waals surface area contributed by atoms with Gasteiger partial charge in [-0.15, -0.1) is 0 Å². The molecule has 1 aromatic carbocycles. The van der Waals surface area contributed by atoms with Crippen molar-refractivity contribution in [1.82, 2.24) is 0 Å². The van der Waals surface area contributed by atoms with Crippen LogP contribution in [0.2, 0.25) is 0 Å². The molecule has 22 heavy (non-hydrogen) atoms. The van der Waals surface area contributed by atoms with Crippen LogP contribution in [0.25, 0.3) is 0 Å². The van der Waals surface area contributed by atoms with Crippen LogP contribution in [0.3, 0.4) is 0 Å². The van der Waals surface area contributed by atoms with Gasteiger partial charge in [0.15, 0.2) is 0 Å². The molecule has 0 aliphatic heterocycles. The molecular formula is C20H31NO. The van der Waals surface area contributed by atoms with Crippen molar-refractivity contribution >= 4 is 0 Å². The lowest BCUT2D eigenvalue weighted by molar-refractivity contribution is 0.145. The Morgan fingerprint density at radius 1 is 1.05 bits per heavy atom. The van der Waals surface area contributed by atoms with Crippen molar-refractivity contribution < 1.29 is 5.11 Å². The zero-order chi connectivity index (χ0) is 16.4. The Balaban J connectivity index is 2.47. The topological polar surface area (TPSA) is 44.0 Å². The van der Waals surface area contributed by atoms with E-state index >= 15 is 0 Å². The first-order valence-corrected chi connectivity index (χ1v) is 8.65. The van der Waals surface area contributed by atoms with Crippen LogP contribution in [0, 0.1) is 17.2 Å². The maximum Gasteiger partial charge on any atom is 0.0664 e. The van der Waals surface area contributed by atoms with Crippen molar-refractivity contribution in [3.05, 3.63) is 35.9 Å². The number of aliphatic hydroxyl groups excluding tert-OH is 1. The molecule has 122 valence electrons. The summed E-state index contributed by atoms with van der Waals surface area (Å²) in [4.78, 5) is 0. The molecule has 2 heteroatoms. The fraction of sp³-hybridized carbons (Fsp3) is 0.650. The molecule has 0 saturated heterocycles. The van der Waals surface area contributed by atoms with E-state index in [1.54, 1.807) is 0 Å². The molecule has 0 radical (unpaired) electrons. The lowest BCUT2D eigenvalue weighted by Gasteiger charge is -2.30. The fourth-order valence-corrected chi connectivity index (χ4v) is 2.99. The largest absolute Gasteiger partial charge is 0.393 e. The molecule has 0 heterocycles. The van der Waals surface area contributed by atoms with Crippen LogP contribution in [0.5, 0.6) is 0 Å². The molecule has 0 saturated carbocycles. The minimum absolute atomic E-state index is 0.0160. The Hall–Kier alpha value is -1.33. The normalized spacial score (nSPS) is 14.3. The van der Waals surface area contributed by atoms with Crippen LogP contribution >= 0.6 is 0 Å². The maximum absolute atomic E-state index is 10.00. The standard InChI is InChI=1S/C20H31NO/c1-4-5-7-14-19(22)15-10-13-18(16-21)20(2,3)17-11-8-6-9-12-17/h6,8-9,11-12,18-19,22H,4-5,7,10,13-15H2,1-3H3. The molecule has 0 aliphatic carbocycles. The quantitative estimate of drug-likeness (QED) is 0.602. The first-order chi connectivity index (χ1) is 10.5. The molecule has 0 fully saturated rings. The van der Waals surface area contributed by atoms with E-state index in [4.69, 9.17) is 0 Å². The first-order valence-electron chi connectivity index (χ1n) is 8.65. The monoisotopic (exact) mass is 301 g/mol. The Labute approximate surface area is 136 Å². The number of rotatable bonds is 10. The lowest BCUT2D eigenvalue weighted by atomic mass is 9.72. The first kappa shape index (κ1) is 18.7. The maximum atomic E-state index is 10.00. The summed E-state index contributed by atoms with van der Waals surface area (Å²) in [5, 5.41) is 19.5. The third-order valence-electron chi connectivity index (χ3n) is 4.72. The van der Waals surface area contributed by atoms with Crippen molar-refractivity contribution in [2.24, 2.45) is 5.92 Å². The second-order valence-corrected chi connectivity index (χ2v) is 6.85. The summed E-state index contributed by atoms with van der Waals surface area (Å²) in [7, 11) is 0. The number of nitriles is 1. The average molecular weight is 301 g/mol. The molecule has 0 amide bonds. The van der Waals surface area contributed by atoms with Crippen molar-refractivity contribution in [3.8, 4) is 6.07 Å². The summed E-state index contributed by atoms with van der Waals surface area (Å²) in [6, 6.07) is 12.8. The Kier molecular flexibility index (Phi) is 8.20. The highest BCUT2D eigenvalue weighted by molar-refractivity contribution is 5.26. The van der Waals surface area contributed by atoms with Crippen LogP contribution in [0.4, 0.5) is 0 Å². The highest BCUT2D eigenvalue weighted by Crippen LogP contribution is 2.34. The Bertz CT molecular complexity index is 447. The van der Waals surface area contributed by atoms with Crippen molar-refractivity contribution in [3.63, 3.8) is 0 Å². The number of aliphatic hydroxyl groups is 1. The van der Waals surface area contributed by atoms with E-state index in [0.717, 1.165) is 32.1 Å². The molecule has 0 spiro atoms. The summed E-state index contributed by atoms with van der Waals surface area (Å²) in [6.45, 7) is 6.47. The van der Waals surface area contributed by atoms with Gasteiger partial charge in [-0.2, -0.15) is 5.26 Å². The highest BCUT2D eigenvalue weighted by atomic mass is 16.3. The van der Waals surface area contributed by atoms with Gasteiger partial charge < -0.3 is 5.11 Å². The van der Waals surface area contributed by atoms with E-state index in [2.05, 4.69) is 39.0 Å². The van der Waals surface area contributed by atoms with Gasteiger partial charge in [0.25, 0.3) is 0 Å². The summed E-state index contributed by atoms with van der Waals surface area (Å²) < 4.78 is 0. The van der Waals surface area contributed by atoms with Gasteiger partial charge in [0.05, 0.1) is 18.1 Å². The zero-order valence-electron chi connectivity index (χ0n) is 14.4. The van der Waals surface area contributed by atoms with Gasteiger partial charge in [0.2, 0.25) is 0 Å². The minimum atomic E-state index is -0.203. The van der Waals surface area contributed by atoms with Crippen LogP contribution in [0.1, 0.15) is 71.3 Å². The van der Waals surface area contributed by atoms with Crippen LogP contribution in [-0.4, -0.2) is 11.2 Å². The average Bonchev–Trinajstić information content (AvgIpc) is 2.52. The summed E-state index contributed by atoms with van der Waals surface area (Å²) in [5.74, 6) is -0.0160. The fourth-order valence-electron chi connectivity index (χ4n) is 2.99. The van der Waals surface area contributed by atoms with E-state index in [-0.39, 0.29) is 17.4 Å². The van der Waals surface area contributed by atoms with E-state index in [1.807, 2.05) is 18.2 Å². The predicted molar refractivity (Wildman–Crippen MR) is 92.6 cm³/mol. The van der Waals surface area contributed by atoms with E-state index in [1.165, 1.54) is 18.4 Å². The second kappa shape index (κ2) is 9.64.